The van der Waals surface area contributed by atoms with Gasteiger partial charge in [0.05, 0.1) is 6.67 Å². The Morgan fingerprint density at radius 2 is 1.56 bits per heavy atom. The van der Waals surface area contributed by atoms with Gasteiger partial charge in [0.1, 0.15) is 12.4 Å². The van der Waals surface area contributed by atoms with E-state index in [1.165, 1.54) is 30.3 Å². The molecule has 144 valence electrons. The first-order valence-electron chi connectivity index (χ1n) is 7.75. The van der Waals surface area contributed by atoms with Gasteiger partial charge in [0.15, 0.2) is 11.6 Å². The molecular formula is C19H14F6O2. The van der Waals surface area contributed by atoms with Crippen molar-refractivity contribution in [3.05, 3.63) is 58.9 Å². The molecule has 27 heavy (non-hydrogen) atoms. The van der Waals surface area contributed by atoms with Gasteiger partial charge in [0, 0.05) is 17.5 Å². The molecule has 0 saturated carbocycles. The lowest BCUT2D eigenvalue weighted by atomic mass is 10.1. The van der Waals surface area contributed by atoms with Gasteiger partial charge in [-0.1, -0.05) is 11.8 Å². The minimum atomic E-state index is -3.04. The van der Waals surface area contributed by atoms with E-state index in [1.807, 2.05) is 0 Å². The van der Waals surface area contributed by atoms with Crippen LogP contribution >= 0.6 is 0 Å². The summed E-state index contributed by atoms with van der Waals surface area (Å²) >= 11 is 0. The molecule has 0 aliphatic carbocycles. The van der Waals surface area contributed by atoms with E-state index >= 15 is 0 Å². The highest BCUT2D eigenvalue weighted by molar-refractivity contribution is 5.49. The Morgan fingerprint density at radius 1 is 0.889 bits per heavy atom. The van der Waals surface area contributed by atoms with Crippen molar-refractivity contribution in [2.45, 2.75) is 19.5 Å². The summed E-state index contributed by atoms with van der Waals surface area (Å²) in [6, 6.07) is 7.59. The molecule has 0 aliphatic rings. The number of halogens is 6. The minimum Gasteiger partial charge on any atom is -0.485 e. The highest BCUT2D eigenvalue weighted by Crippen LogP contribution is 2.23. The van der Waals surface area contributed by atoms with Gasteiger partial charge in [-0.15, -0.1) is 0 Å². The van der Waals surface area contributed by atoms with Crippen LogP contribution in [-0.2, 0) is 6.42 Å². The zero-order valence-corrected chi connectivity index (χ0v) is 13.8. The van der Waals surface area contributed by atoms with Gasteiger partial charge < -0.3 is 9.47 Å². The Hall–Kier alpha value is -2.82. The first-order valence-corrected chi connectivity index (χ1v) is 7.75. The molecule has 0 fully saturated rings. The highest BCUT2D eigenvalue weighted by atomic mass is 19.3. The molecule has 2 nitrogen and oxygen atoms in total. The summed E-state index contributed by atoms with van der Waals surface area (Å²) < 4.78 is 84.2. The van der Waals surface area contributed by atoms with Crippen molar-refractivity contribution in [2.24, 2.45) is 0 Å². The Labute approximate surface area is 151 Å². The average Bonchev–Trinajstić information content (AvgIpc) is 2.61. The van der Waals surface area contributed by atoms with E-state index in [4.69, 9.17) is 0 Å². The smallest absolute Gasteiger partial charge is 0.387 e. The Bertz CT molecular complexity index is 827. The molecule has 8 heteroatoms. The number of hydrogen-bond acceptors (Lipinski definition) is 2. The lowest BCUT2D eigenvalue weighted by Crippen LogP contribution is -2.08. The zero-order chi connectivity index (χ0) is 19.8. The summed E-state index contributed by atoms with van der Waals surface area (Å²) in [4.78, 5) is 0. The summed E-state index contributed by atoms with van der Waals surface area (Å²) in [7, 11) is 0. The third-order valence-corrected chi connectivity index (χ3v) is 3.29. The maximum absolute atomic E-state index is 13.5. The molecule has 2 aromatic carbocycles. The molecular weight excluding hydrogens is 374 g/mol. The van der Waals surface area contributed by atoms with E-state index < -0.39 is 32.1 Å². The normalized spacial score (nSPS) is 10.7. The van der Waals surface area contributed by atoms with Crippen LogP contribution in [0.4, 0.5) is 26.3 Å². The molecule has 0 saturated heterocycles. The number of aryl methyl sites for hydroxylation is 1. The van der Waals surface area contributed by atoms with E-state index in [-0.39, 0.29) is 23.5 Å². The molecule has 0 aromatic heterocycles. The van der Waals surface area contributed by atoms with E-state index in [1.54, 1.807) is 0 Å². The summed E-state index contributed by atoms with van der Waals surface area (Å²) in [6.45, 7) is -4.75. The first-order chi connectivity index (χ1) is 12.9. The Kier molecular flexibility index (Phi) is 7.41. The highest BCUT2D eigenvalue weighted by Gasteiger charge is 2.11. The average molecular weight is 388 g/mol. The molecule has 0 amide bonds. The van der Waals surface area contributed by atoms with Crippen molar-refractivity contribution < 1.29 is 35.8 Å². The fourth-order valence-electron chi connectivity index (χ4n) is 2.15. The quantitative estimate of drug-likeness (QED) is 0.492. The molecule has 0 bridgehead atoms. The van der Waals surface area contributed by atoms with Crippen LogP contribution in [0, 0.1) is 17.7 Å². The van der Waals surface area contributed by atoms with Crippen LogP contribution in [0.5, 0.6) is 11.5 Å². The van der Waals surface area contributed by atoms with Crippen molar-refractivity contribution in [1.29, 1.82) is 0 Å². The number of hydrogen-bond donors (Lipinski definition) is 0. The van der Waals surface area contributed by atoms with Crippen LogP contribution in [0.15, 0.2) is 36.4 Å². The van der Waals surface area contributed by atoms with E-state index in [9.17, 15) is 26.3 Å². The Balaban J connectivity index is 2.23. The standard InChI is InChI=1S/C19H14F6O2/c20-8-7-14-9-12(4-6-16(14)27-19(24)25)1-2-13-3-5-15(21)17(10-13)26-11-18(22)23/h3-6,9-10,18-19H,7-8,11H2. The zero-order valence-electron chi connectivity index (χ0n) is 13.8. The van der Waals surface area contributed by atoms with Crippen LogP contribution in [0.2, 0.25) is 0 Å². The number of rotatable bonds is 7. The monoisotopic (exact) mass is 388 g/mol. The van der Waals surface area contributed by atoms with Crippen molar-refractivity contribution in [1.82, 2.24) is 0 Å². The van der Waals surface area contributed by atoms with Crippen molar-refractivity contribution >= 4 is 0 Å². The Morgan fingerprint density at radius 3 is 2.19 bits per heavy atom. The van der Waals surface area contributed by atoms with Crippen LogP contribution in [0.1, 0.15) is 16.7 Å². The third kappa shape index (κ3) is 6.44. The number of alkyl halides is 5. The van der Waals surface area contributed by atoms with E-state index in [0.29, 0.717) is 11.1 Å². The van der Waals surface area contributed by atoms with Crippen molar-refractivity contribution in [3.8, 4) is 23.3 Å². The summed E-state index contributed by atoms with van der Waals surface area (Å²) in [5, 5.41) is 0. The lowest BCUT2D eigenvalue weighted by Gasteiger charge is -2.10. The summed E-state index contributed by atoms with van der Waals surface area (Å²) in [5.74, 6) is 4.08. The molecule has 2 rings (SSSR count). The summed E-state index contributed by atoms with van der Waals surface area (Å²) in [6.07, 6.45) is -2.87. The van der Waals surface area contributed by atoms with E-state index in [0.717, 1.165) is 6.07 Å². The maximum atomic E-state index is 13.5. The van der Waals surface area contributed by atoms with Crippen molar-refractivity contribution in [2.75, 3.05) is 13.3 Å². The van der Waals surface area contributed by atoms with Crippen LogP contribution < -0.4 is 9.47 Å². The van der Waals surface area contributed by atoms with Crippen molar-refractivity contribution in [3.63, 3.8) is 0 Å². The lowest BCUT2D eigenvalue weighted by molar-refractivity contribution is -0.0504. The van der Waals surface area contributed by atoms with Gasteiger partial charge in [-0.25, -0.2) is 13.2 Å². The number of benzene rings is 2. The minimum absolute atomic E-state index is 0.125. The van der Waals surface area contributed by atoms with Gasteiger partial charge in [-0.3, -0.25) is 4.39 Å². The molecule has 0 radical (unpaired) electrons. The molecule has 0 spiro atoms. The maximum Gasteiger partial charge on any atom is 0.387 e. The molecule has 0 heterocycles. The van der Waals surface area contributed by atoms with Gasteiger partial charge in [0.25, 0.3) is 6.43 Å². The van der Waals surface area contributed by atoms with Gasteiger partial charge in [-0.2, -0.15) is 8.78 Å². The largest absolute Gasteiger partial charge is 0.485 e. The van der Waals surface area contributed by atoms with Gasteiger partial charge in [-0.05, 0) is 42.0 Å². The van der Waals surface area contributed by atoms with E-state index in [2.05, 4.69) is 21.3 Å². The van der Waals surface area contributed by atoms with Crippen LogP contribution in [0.3, 0.4) is 0 Å². The van der Waals surface area contributed by atoms with Gasteiger partial charge in [0.2, 0.25) is 0 Å². The third-order valence-electron chi connectivity index (χ3n) is 3.29. The van der Waals surface area contributed by atoms with Crippen LogP contribution in [0.25, 0.3) is 0 Å². The fourth-order valence-corrected chi connectivity index (χ4v) is 2.15. The second-order valence-electron chi connectivity index (χ2n) is 5.24. The first kappa shape index (κ1) is 20.5. The number of ether oxygens (including phenoxy) is 2. The molecule has 0 unspecified atom stereocenters. The molecule has 2 aromatic rings. The second kappa shape index (κ2) is 9.76. The van der Waals surface area contributed by atoms with Gasteiger partial charge >= 0.3 is 6.61 Å². The topological polar surface area (TPSA) is 18.5 Å². The van der Waals surface area contributed by atoms with Crippen LogP contribution in [-0.4, -0.2) is 26.3 Å². The molecule has 0 aliphatic heterocycles. The summed E-state index contributed by atoms with van der Waals surface area (Å²) in [5.41, 5.74) is 0.907. The second-order valence-corrected chi connectivity index (χ2v) is 5.24. The predicted molar refractivity (Wildman–Crippen MR) is 86.6 cm³/mol. The fraction of sp³-hybridized carbons (Fsp3) is 0.263. The molecule has 0 atom stereocenters. The SMILES string of the molecule is FCCc1cc(C#Cc2ccc(F)c(OCC(F)F)c2)ccc1OC(F)F. The predicted octanol–water partition coefficient (Wildman–Crippen LogP) is 4.98. The molecule has 0 N–H and O–H groups in total.